The zero-order valence-electron chi connectivity index (χ0n) is 16.2. The minimum atomic E-state index is -0.468. The molecule has 0 aliphatic heterocycles. The molecule has 0 saturated carbocycles. The lowest BCUT2D eigenvalue weighted by molar-refractivity contribution is 0.269. The first-order valence-electron chi connectivity index (χ1n) is 9.22. The number of nitriles is 1. The Balaban J connectivity index is 1.93. The van der Waals surface area contributed by atoms with Crippen LogP contribution in [0, 0.1) is 17.1 Å². The Hall–Kier alpha value is -3.00. The minimum absolute atomic E-state index is 0.182. The molecular formula is C24H18Cl2FNO2. The normalized spacial score (nSPS) is 11.1. The quantitative estimate of drug-likeness (QED) is 0.288. The molecule has 0 spiro atoms. The Kier molecular flexibility index (Phi) is 7.35. The molecule has 0 aliphatic carbocycles. The van der Waals surface area contributed by atoms with Crippen molar-refractivity contribution in [2.24, 2.45) is 0 Å². The monoisotopic (exact) mass is 441 g/mol. The third-order valence-electron chi connectivity index (χ3n) is 4.22. The first kappa shape index (κ1) is 21.7. The summed E-state index contributed by atoms with van der Waals surface area (Å²) in [7, 11) is 0. The molecule has 3 rings (SSSR count). The zero-order valence-corrected chi connectivity index (χ0v) is 17.7. The van der Waals surface area contributed by atoms with Crippen LogP contribution in [0.1, 0.15) is 23.6 Å². The molecule has 6 heteroatoms. The summed E-state index contributed by atoms with van der Waals surface area (Å²) in [6.45, 7) is 2.53. The lowest BCUT2D eigenvalue weighted by Gasteiger charge is -2.15. The Bertz CT molecular complexity index is 1110. The van der Waals surface area contributed by atoms with Gasteiger partial charge in [0.2, 0.25) is 0 Å². The van der Waals surface area contributed by atoms with Crippen LogP contribution in [0.3, 0.4) is 0 Å². The summed E-state index contributed by atoms with van der Waals surface area (Å²) in [5.74, 6) is 0.371. The molecular weight excluding hydrogens is 424 g/mol. The van der Waals surface area contributed by atoms with Crippen LogP contribution in [-0.2, 0) is 6.61 Å². The van der Waals surface area contributed by atoms with Gasteiger partial charge in [0.1, 0.15) is 12.4 Å². The SMILES string of the molecule is CCOc1cc(/C=C(/C#N)c2ccccc2F)cc(Cl)c1OCc1ccc(Cl)cc1. The topological polar surface area (TPSA) is 42.2 Å². The molecule has 3 nitrogen and oxygen atoms in total. The summed E-state index contributed by atoms with van der Waals surface area (Å²) in [5, 5.41) is 10.5. The summed E-state index contributed by atoms with van der Waals surface area (Å²) in [4.78, 5) is 0. The molecule has 0 amide bonds. The van der Waals surface area contributed by atoms with E-state index in [0.717, 1.165) is 5.56 Å². The molecule has 0 aromatic heterocycles. The van der Waals surface area contributed by atoms with Crippen molar-refractivity contribution in [2.45, 2.75) is 13.5 Å². The average Bonchev–Trinajstić information content (AvgIpc) is 2.73. The van der Waals surface area contributed by atoms with E-state index in [9.17, 15) is 9.65 Å². The maximum absolute atomic E-state index is 14.1. The van der Waals surface area contributed by atoms with Crippen molar-refractivity contribution in [3.8, 4) is 17.6 Å². The second kappa shape index (κ2) is 10.2. The van der Waals surface area contributed by atoms with E-state index in [1.165, 1.54) is 6.07 Å². The standard InChI is InChI=1S/C24H18Cl2FNO2/c1-2-29-23-13-17(11-18(14-28)20-5-3-4-6-22(20)27)12-21(26)24(23)30-15-16-7-9-19(25)10-8-16/h3-13H,2,15H2,1H3/b18-11-. The summed E-state index contributed by atoms with van der Waals surface area (Å²) >= 11 is 12.4. The van der Waals surface area contributed by atoms with Crippen LogP contribution in [0.15, 0.2) is 60.7 Å². The highest BCUT2D eigenvalue weighted by atomic mass is 35.5. The van der Waals surface area contributed by atoms with E-state index in [1.54, 1.807) is 48.5 Å². The minimum Gasteiger partial charge on any atom is -0.490 e. The molecule has 0 bridgehead atoms. The van der Waals surface area contributed by atoms with Gasteiger partial charge in [0.25, 0.3) is 0 Å². The van der Waals surface area contributed by atoms with Crippen molar-refractivity contribution < 1.29 is 13.9 Å². The van der Waals surface area contributed by atoms with E-state index < -0.39 is 5.82 Å². The van der Waals surface area contributed by atoms with E-state index in [1.807, 2.05) is 25.1 Å². The van der Waals surface area contributed by atoms with E-state index in [4.69, 9.17) is 32.7 Å². The molecule has 0 atom stereocenters. The van der Waals surface area contributed by atoms with Crippen molar-refractivity contribution in [3.05, 3.63) is 93.2 Å². The maximum atomic E-state index is 14.1. The molecule has 0 N–H and O–H groups in total. The number of benzene rings is 3. The third kappa shape index (κ3) is 5.33. The maximum Gasteiger partial charge on any atom is 0.180 e. The van der Waals surface area contributed by atoms with Crippen LogP contribution in [0.25, 0.3) is 11.6 Å². The number of hydrogen-bond acceptors (Lipinski definition) is 3. The fraction of sp³-hybridized carbons (Fsp3) is 0.125. The smallest absolute Gasteiger partial charge is 0.180 e. The molecule has 0 saturated heterocycles. The molecule has 3 aromatic carbocycles. The number of halogens is 3. The predicted molar refractivity (Wildman–Crippen MR) is 118 cm³/mol. The Morgan fingerprint density at radius 1 is 1.07 bits per heavy atom. The predicted octanol–water partition coefficient (Wildman–Crippen LogP) is 7.17. The van der Waals surface area contributed by atoms with E-state index in [-0.39, 0.29) is 17.7 Å². The van der Waals surface area contributed by atoms with E-state index in [2.05, 4.69) is 0 Å². The zero-order chi connectivity index (χ0) is 21.5. The van der Waals surface area contributed by atoms with Gasteiger partial charge in [-0.2, -0.15) is 5.26 Å². The van der Waals surface area contributed by atoms with Gasteiger partial charge in [-0.1, -0.05) is 53.5 Å². The van der Waals surface area contributed by atoms with E-state index >= 15 is 0 Å². The van der Waals surface area contributed by atoms with Crippen LogP contribution in [0.5, 0.6) is 11.5 Å². The summed E-state index contributed by atoms with van der Waals surface area (Å²) in [6.07, 6.45) is 1.57. The fourth-order valence-electron chi connectivity index (χ4n) is 2.83. The second-order valence-corrected chi connectivity index (χ2v) is 7.17. The second-order valence-electron chi connectivity index (χ2n) is 6.33. The highest BCUT2D eigenvalue weighted by molar-refractivity contribution is 6.32. The van der Waals surface area contributed by atoms with Crippen LogP contribution in [0.2, 0.25) is 10.0 Å². The van der Waals surface area contributed by atoms with Gasteiger partial charge in [-0.3, -0.25) is 0 Å². The largest absolute Gasteiger partial charge is 0.490 e. The number of nitrogens with zero attached hydrogens (tertiary/aromatic N) is 1. The molecule has 0 heterocycles. The molecule has 30 heavy (non-hydrogen) atoms. The van der Waals surface area contributed by atoms with Crippen molar-refractivity contribution in [1.29, 1.82) is 5.26 Å². The van der Waals surface area contributed by atoms with Gasteiger partial charge in [0.05, 0.1) is 23.3 Å². The highest BCUT2D eigenvalue weighted by Crippen LogP contribution is 2.38. The highest BCUT2D eigenvalue weighted by Gasteiger charge is 2.14. The van der Waals surface area contributed by atoms with Gasteiger partial charge >= 0.3 is 0 Å². The third-order valence-corrected chi connectivity index (χ3v) is 4.76. The lowest BCUT2D eigenvalue weighted by atomic mass is 10.0. The molecule has 152 valence electrons. The Morgan fingerprint density at radius 3 is 2.47 bits per heavy atom. The van der Waals surface area contributed by atoms with E-state index in [0.29, 0.717) is 33.7 Å². The van der Waals surface area contributed by atoms with Gasteiger partial charge in [-0.25, -0.2) is 4.39 Å². The molecule has 0 fully saturated rings. The number of allylic oxidation sites excluding steroid dienone is 1. The van der Waals surface area contributed by atoms with Crippen molar-refractivity contribution in [1.82, 2.24) is 0 Å². The molecule has 3 aromatic rings. The number of ether oxygens (including phenoxy) is 2. The van der Waals surface area contributed by atoms with Gasteiger partial charge in [-0.05, 0) is 54.5 Å². The summed E-state index contributed by atoms with van der Waals surface area (Å²) < 4.78 is 25.7. The van der Waals surface area contributed by atoms with Gasteiger partial charge < -0.3 is 9.47 Å². The van der Waals surface area contributed by atoms with Crippen molar-refractivity contribution in [2.75, 3.05) is 6.61 Å². The summed E-state index contributed by atoms with van der Waals surface area (Å²) in [6, 6.07) is 18.8. The fourth-order valence-corrected chi connectivity index (χ4v) is 3.23. The molecule has 0 aliphatic rings. The first-order chi connectivity index (χ1) is 14.5. The van der Waals surface area contributed by atoms with Crippen molar-refractivity contribution in [3.63, 3.8) is 0 Å². The molecule has 0 unspecified atom stereocenters. The average molecular weight is 442 g/mol. The number of hydrogen-bond donors (Lipinski definition) is 0. The van der Waals surface area contributed by atoms with Gasteiger partial charge in [-0.15, -0.1) is 0 Å². The summed E-state index contributed by atoms with van der Waals surface area (Å²) in [5.41, 5.74) is 1.92. The van der Waals surface area contributed by atoms with Crippen LogP contribution >= 0.6 is 23.2 Å². The Morgan fingerprint density at radius 2 is 1.80 bits per heavy atom. The lowest BCUT2D eigenvalue weighted by Crippen LogP contribution is -2.01. The first-order valence-corrected chi connectivity index (χ1v) is 9.97. The number of rotatable bonds is 7. The van der Waals surface area contributed by atoms with Crippen molar-refractivity contribution >= 4 is 34.9 Å². The van der Waals surface area contributed by atoms with Crippen LogP contribution in [0.4, 0.5) is 4.39 Å². The van der Waals surface area contributed by atoms with Crippen LogP contribution in [-0.4, -0.2) is 6.61 Å². The van der Waals surface area contributed by atoms with Gasteiger partial charge in [0.15, 0.2) is 11.5 Å². The Labute approximate surface area is 184 Å². The van der Waals surface area contributed by atoms with Gasteiger partial charge in [0, 0.05) is 10.6 Å². The van der Waals surface area contributed by atoms with Crippen LogP contribution < -0.4 is 9.47 Å². The molecule has 0 radical (unpaired) electrons.